The molecule has 2 rings (SSSR count). The molecule has 0 bridgehead atoms. The van der Waals surface area contributed by atoms with E-state index in [4.69, 9.17) is 5.26 Å². The molecule has 0 aliphatic heterocycles. The second-order valence-electron chi connectivity index (χ2n) is 5.67. The molecule has 0 aliphatic rings. The maximum absolute atomic E-state index is 13.5. The Labute approximate surface area is 155 Å². The van der Waals surface area contributed by atoms with Crippen LogP contribution in [-0.4, -0.2) is 24.0 Å². The lowest BCUT2D eigenvalue weighted by molar-refractivity contribution is -0.384. The van der Waals surface area contributed by atoms with Crippen LogP contribution in [0.2, 0.25) is 0 Å². The fraction of sp³-hybridized carbons (Fsp3) is 0.222. The molecule has 1 unspecified atom stereocenters. The molecule has 2 aromatic rings. The number of nitriles is 1. The monoisotopic (exact) mass is 371 g/mol. The van der Waals surface area contributed by atoms with Crippen molar-refractivity contribution in [1.82, 2.24) is 10.6 Å². The van der Waals surface area contributed by atoms with Crippen molar-refractivity contribution in [1.29, 1.82) is 5.26 Å². The molecule has 27 heavy (non-hydrogen) atoms. The predicted molar refractivity (Wildman–Crippen MR) is 97.7 cm³/mol. The van der Waals surface area contributed by atoms with Gasteiger partial charge in [0.25, 0.3) is 5.69 Å². The third-order valence-electron chi connectivity index (χ3n) is 3.78. The van der Waals surface area contributed by atoms with Crippen molar-refractivity contribution in [2.75, 3.05) is 18.4 Å². The summed E-state index contributed by atoms with van der Waals surface area (Å²) in [4.78, 5) is 22.3. The van der Waals surface area contributed by atoms with Crippen LogP contribution in [0.15, 0.2) is 42.5 Å². The number of non-ortho nitro benzene ring substituents is 1. The summed E-state index contributed by atoms with van der Waals surface area (Å²) in [7, 11) is 0. The van der Waals surface area contributed by atoms with Crippen LogP contribution in [0.4, 0.5) is 20.6 Å². The van der Waals surface area contributed by atoms with Gasteiger partial charge < -0.3 is 16.0 Å². The summed E-state index contributed by atoms with van der Waals surface area (Å²) in [6.45, 7) is 2.23. The number of nitrogens with zero attached hydrogens (tertiary/aromatic N) is 2. The average Bonchev–Trinajstić information content (AvgIpc) is 2.65. The third kappa shape index (κ3) is 5.40. The van der Waals surface area contributed by atoms with Gasteiger partial charge in [-0.15, -0.1) is 0 Å². The average molecular weight is 371 g/mol. The fourth-order valence-corrected chi connectivity index (χ4v) is 2.40. The SMILES string of the molecule is CC(NC(=O)NCCNc1cccc(F)c1C#N)c1cccc([N+](=O)[O-])c1. The van der Waals surface area contributed by atoms with Gasteiger partial charge in [-0.3, -0.25) is 10.1 Å². The highest BCUT2D eigenvalue weighted by Crippen LogP contribution is 2.19. The van der Waals surface area contributed by atoms with Gasteiger partial charge in [-0.05, 0) is 24.6 Å². The van der Waals surface area contributed by atoms with E-state index in [1.54, 1.807) is 31.2 Å². The molecule has 2 aromatic carbocycles. The van der Waals surface area contributed by atoms with Crippen LogP contribution >= 0.6 is 0 Å². The summed E-state index contributed by atoms with van der Waals surface area (Å²) in [5.41, 5.74) is 0.830. The molecule has 0 fully saturated rings. The van der Waals surface area contributed by atoms with Crippen molar-refractivity contribution < 1.29 is 14.1 Å². The molecule has 140 valence electrons. The normalized spacial score (nSPS) is 11.1. The van der Waals surface area contributed by atoms with Crippen molar-refractivity contribution >= 4 is 17.4 Å². The summed E-state index contributed by atoms with van der Waals surface area (Å²) in [6.07, 6.45) is 0. The molecule has 0 aromatic heterocycles. The Balaban J connectivity index is 1.81. The lowest BCUT2D eigenvalue weighted by Gasteiger charge is -2.15. The van der Waals surface area contributed by atoms with Crippen LogP contribution in [0.3, 0.4) is 0 Å². The second-order valence-corrected chi connectivity index (χ2v) is 5.67. The molecule has 9 heteroatoms. The quantitative estimate of drug-likeness (QED) is 0.392. The number of benzene rings is 2. The second kappa shape index (κ2) is 9.15. The number of hydrogen-bond donors (Lipinski definition) is 3. The van der Waals surface area contributed by atoms with Crippen LogP contribution in [0.5, 0.6) is 0 Å². The summed E-state index contributed by atoms with van der Waals surface area (Å²) in [6, 6.07) is 11.2. The Bertz CT molecular complexity index is 882. The predicted octanol–water partition coefficient (Wildman–Crippen LogP) is 3.08. The highest BCUT2D eigenvalue weighted by atomic mass is 19.1. The van der Waals surface area contributed by atoms with Gasteiger partial charge in [-0.25, -0.2) is 9.18 Å². The molecule has 0 radical (unpaired) electrons. The highest BCUT2D eigenvalue weighted by molar-refractivity contribution is 5.74. The largest absolute Gasteiger partial charge is 0.382 e. The summed E-state index contributed by atoms with van der Waals surface area (Å²) >= 11 is 0. The Morgan fingerprint density at radius 3 is 2.74 bits per heavy atom. The zero-order valence-corrected chi connectivity index (χ0v) is 14.5. The Morgan fingerprint density at radius 1 is 1.30 bits per heavy atom. The smallest absolute Gasteiger partial charge is 0.315 e. The van der Waals surface area contributed by atoms with Crippen molar-refractivity contribution in [2.45, 2.75) is 13.0 Å². The number of nitro benzene ring substituents is 1. The first-order valence-electron chi connectivity index (χ1n) is 8.13. The van der Waals surface area contributed by atoms with E-state index in [2.05, 4.69) is 16.0 Å². The zero-order valence-electron chi connectivity index (χ0n) is 14.5. The molecule has 8 nitrogen and oxygen atoms in total. The standard InChI is InChI=1S/C18H18FN5O3/c1-12(13-4-2-5-14(10-13)24(26)27)23-18(25)22-9-8-21-17-7-3-6-16(19)15(17)11-20/h2-7,10,12,21H,8-9H2,1H3,(H2,22,23,25). The molecule has 0 saturated heterocycles. The van der Waals surface area contributed by atoms with Gasteiger partial charge in [0.05, 0.1) is 16.7 Å². The van der Waals surface area contributed by atoms with Crippen LogP contribution in [0.1, 0.15) is 24.1 Å². The summed E-state index contributed by atoms with van der Waals surface area (Å²) in [5, 5.41) is 27.9. The van der Waals surface area contributed by atoms with Gasteiger partial charge in [-0.1, -0.05) is 18.2 Å². The molecule has 0 spiro atoms. The van der Waals surface area contributed by atoms with E-state index in [-0.39, 0.29) is 24.3 Å². The fourth-order valence-electron chi connectivity index (χ4n) is 2.40. The Kier molecular flexibility index (Phi) is 6.66. The topological polar surface area (TPSA) is 120 Å². The van der Waals surface area contributed by atoms with E-state index in [1.807, 2.05) is 0 Å². The number of carbonyl (C=O) groups excluding carboxylic acids is 1. The number of amides is 2. The summed E-state index contributed by atoms with van der Waals surface area (Å²) < 4.78 is 13.5. The van der Waals surface area contributed by atoms with Gasteiger partial charge >= 0.3 is 6.03 Å². The van der Waals surface area contributed by atoms with Crippen molar-refractivity contribution in [2.24, 2.45) is 0 Å². The summed E-state index contributed by atoms with van der Waals surface area (Å²) in [5.74, 6) is -0.612. The zero-order chi connectivity index (χ0) is 19.8. The van der Waals surface area contributed by atoms with Crippen molar-refractivity contribution in [3.05, 3.63) is 69.5 Å². The molecule has 0 saturated carbocycles. The van der Waals surface area contributed by atoms with Crippen LogP contribution in [-0.2, 0) is 0 Å². The lowest BCUT2D eigenvalue weighted by atomic mass is 10.1. The molecule has 0 heterocycles. The van der Waals surface area contributed by atoms with Crippen molar-refractivity contribution in [3.8, 4) is 6.07 Å². The van der Waals surface area contributed by atoms with E-state index in [1.165, 1.54) is 24.3 Å². The van der Waals surface area contributed by atoms with E-state index in [9.17, 15) is 19.3 Å². The molecule has 1 atom stereocenters. The minimum absolute atomic E-state index is 0.0471. The number of nitrogens with one attached hydrogen (secondary N) is 3. The van der Waals surface area contributed by atoms with Gasteiger partial charge in [0.1, 0.15) is 17.4 Å². The van der Waals surface area contributed by atoms with Gasteiger partial charge in [0.2, 0.25) is 0 Å². The van der Waals surface area contributed by atoms with Crippen LogP contribution < -0.4 is 16.0 Å². The molecular weight excluding hydrogens is 353 g/mol. The number of rotatable bonds is 7. The minimum atomic E-state index is -0.612. The highest BCUT2D eigenvalue weighted by Gasteiger charge is 2.13. The number of carbonyl (C=O) groups is 1. The maximum Gasteiger partial charge on any atom is 0.315 e. The number of anilines is 1. The minimum Gasteiger partial charge on any atom is -0.382 e. The van der Waals surface area contributed by atoms with Crippen LogP contribution in [0.25, 0.3) is 0 Å². The first-order chi connectivity index (χ1) is 12.9. The first-order valence-corrected chi connectivity index (χ1v) is 8.13. The van der Waals surface area contributed by atoms with E-state index >= 15 is 0 Å². The van der Waals surface area contributed by atoms with Crippen molar-refractivity contribution in [3.63, 3.8) is 0 Å². The van der Waals surface area contributed by atoms with Crippen LogP contribution in [0, 0.1) is 27.3 Å². The number of nitro groups is 1. The van der Waals surface area contributed by atoms with E-state index in [0.717, 1.165) is 0 Å². The molecule has 3 N–H and O–H groups in total. The Hall–Kier alpha value is -3.67. The molecule has 0 aliphatic carbocycles. The van der Waals surface area contributed by atoms with E-state index < -0.39 is 22.8 Å². The number of hydrogen-bond acceptors (Lipinski definition) is 5. The maximum atomic E-state index is 13.5. The molecule has 2 amide bonds. The lowest BCUT2D eigenvalue weighted by Crippen LogP contribution is -2.39. The van der Waals surface area contributed by atoms with Gasteiger partial charge in [0, 0.05) is 25.2 Å². The van der Waals surface area contributed by atoms with E-state index in [0.29, 0.717) is 11.3 Å². The number of halogens is 1. The first kappa shape index (κ1) is 19.7. The third-order valence-corrected chi connectivity index (χ3v) is 3.78. The van der Waals surface area contributed by atoms with Gasteiger partial charge in [0.15, 0.2) is 0 Å². The molecular formula is C18H18FN5O3. The Morgan fingerprint density at radius 2 is 2.04 bits per heavy atom. The van der Waals surface area contributed by atoms with Gasteiger partial charge in [-0.2, -0.15) is 5.26 Å². The number of urea groups is 1.